The number of pyridine rings is 1. The first kappa shape index (κ1) is 15.0. The molecule has 2 rings (SSSR count). The van der Waals surface area contributed by atoms with E-state index >= 15 is 0 Å². The second kappa shape index (κ2) is 5.94. The predicted octanol–water partition coefficient (Wildman–Crippen LogP) is 4.21. The lowest BCUT2D eigenvalue weighted by atomic mass is 10.1. The second-order valence-electron chi connectivity index (χ2n) is 4.88. The number of halogens is 1. The van der Waals surface area contributed by atoms with Gasteiger partial charge in [0.15, 0.2) is 0 Å². The third-order valence-corrected chi connectivity index (χ3v) is 4.25. The summed E-state index contributed by atoms with van der Waals surface area (Å²) in [7, 11) is 0. The standard InChI is InChI=1S/C15H17ClN2OS/c1-8-5-12(7-14(16)17-8)15(19)18-10(3)13-6-9(2)20-11(13)4/h5-7,10H,1-4H3,(H,18,19). The van der Waals surface area contributed by atoms with E-state index < -0.39 is 0 Å². The molecule has 106 valence electrons. The van der Waals surface area contributed by atoms with Gasteiger partial charge in [-0.15, -0.1) is 11.3 Å². The molecule has 20 heavy (non-hydrogen) atoms. The van der Waals surface area contributed by atoms with Crippen LogP contribution >= 0.6 is 22.9 Å². The van der Waals surface area contributed by atoms with Crippen molar-refractivity contribution < 1.29 is 4.79 Å². The Morgan fingerprint density at radius 1 is 1.30 bits per heavy atom. The van der Waals surface area contributed by atoms with E-state index in [-0.39, 0.29) is 11.9 Å². The molecule has 3 nitrogen and oxygen atoms in total. The molecule has 0 aliphatic heterocycles. The van der Waals surface area contributed by atoms with Crippen molar-refractivity contribution in [2.24, 2.45) is 0 Å². The molecule has 0 aliphatic carbocycles. The van der Waals surface area contributed by atoms with Crippen LogP contribution in [0.1, 0.15) is 44.3 Å². The summed E-state index contributed by atoms with van der Waals surface area (Å²) >= 11 is 7.63. The lowest BCUT2D eigenvalue weighted by Crippen LogP contribution is -2.26. The number of aryl methyl sites for hydroxylation is 3. The molecule has 0 bridgehead atoms. The van der Waals surface area contributed by atoms with Gasteiger partial charge in [-0.2, -0.15) is 0 Å². The van der Waals surface area contributed by atoms with Crippen molar-refractivity contribution in [2.75, 3.05) is 0 Å². The molecule has 0 spiro atoms. The summed E-state index contributed by atoms with van der Waals surface area (Å²) < 4.78 is 0. The van der Waals surface area contributed by atoms with Crippen molar-refractivity contribution in [1.29, 1.82) is 0 Å². The average molecular weight is 309 g/mol. The largest absolute Gasteiger partial charge is 0.345 e. The molecule has 1 amide bonds. The van der Waals surface area contributed by atoms with Crippen molar-refractivity contribution in [1.82, 2.24) is 10.3 Å². The summed E-state index contributed by atoms with van der Waals surface area (Å²) in [5, 5.41) is 3.34. The van der Waals surface area contributed by atoms with Gasteiger partial charge in [-0.3, -0.25) is 4.79 Å². The van der Waals surface area contributed by atoms with Crippen LogP contribution in [0.4, 0.5) is 0 Å². The lowest BCUT2D eigenvalue weighted by molar-refractivity contribution is 0.0939. The van der Waals surface area contributed by atoms with Crippen molar-refractivity contribution in [3.05, 3.63) is 49.9 Å². The monoisotopic (exact) mass is 308 g/mol. The van der Waals surface area contributed by atoms with Gasteiger partial charge in [-0.1, -0.05) is 11.6 Å². The molecule has 5 heteroatoms. The Morgan fingerprint density at radius 2 is 2.00 bits per heavy atom. The molecule has 1 atom stereocenters. The molecule has 2 heterocycles. The molecular weight excluding hydrogens is 292 g/mol. The highest BCUT2D eigenvalue weighted by Gasteiger charge is 2.15. The fourth-order valence-electron chi connectivity index (χ4n) is 2.20. The predicted molar refractivity (Wildman–Crippen MR) is 83.7 cm³/mol. The van der Waals surface area contributed by atoms with Gasteiger partial charge in [0.1, 0.15) is 5.15 Å². The number of nitrogens with one attached hydrogen (secondary N) is 1. The number of carbonyl (C=O) groups excluding carboxylic acids is 1. The number of hydrogen-bond acceptors (Lipinski definition) is 3. The first-order valence-corrected chi connectivity index (χ1v) is 7.58. The second-order valence-corrected chi connectivity index (χ2v) is 6.73. The lowest BCUT2D eigenvalue weighted by Gasteiger charge is -2.14. The molecule has 0 saturated heterocycles. The van der Waals surface area contributed by atoms with Crippen molar-refractivity contribution >= 4 is 28.8 Å². The molecule has 0 aliphatic rings. The molecular formula is C15H17ClN2OS. The Balaban J connectivity index is 2.17. The van der Waals surface area contributed by atoms with Gasteiger partial charge in [-0.25, -0.2) is 4.98 Å². The summed E-state index contributed by atoms with van der Waals surface area (Å²) in [6, 6.07) is 5.41. The number of amides is 1. The van der Waals surface area contributed by atoms with E-state index in [0.29, 0.717) is 10.7 Å². The number of carbonyl (C=O) groups is 1. The zero-order chi connectivity index (χ0) is 14.9. The maximum atomic E-state index is 12.3. The quantitative estimate of drug-likeness (QED) is 0.863. The minimum absolute atomic E-state index is 0.0281. The van der Waals surface area contributed by atoms with Gasteiger partial charge in [0.2, 0.25) is 0 Å². The Labute approximate surface area is 128 Å². The Kier molecular flexibility index (Phi) is 4.45. The minimum Gasteiger partial charge on any atom is -0.345 e. The molecule has 0 saturated carbocycles. The van der Waals surface area contributed by atoms with Crippen LogP contribution in [0.2, 0.25) is 5.15 Å². The van der Waals surface area contributed by atoms with E-state index in [1.807, 2.05) is 13.8 Å². The smallest absolute Gasteiger partial charge is 0.251 e. The third kappa shape index (κ3) is 3.38. The van der Waals surface area contributed by atoms with E-state index in [9.17, 15) is 4.79 Å². The highest BCUT2D eigenvalue weighted by atomic mass is 35.5. The maximum absolute atomic E-state index is 12.3. The maximum Gasteiger partial charge on any atom is 0.251 e. The Morgan fingerprint density at radius 3 is 2.55 bits per heavy atom. The Hall–Kier alpha value is -1.39. The summed E-state index contributed by atoms with van der Waals surface area (Å²) in [6.45, 7) is 7.95. The molecule has 2 aromatic heterocycles. The molecule has 2 aromatic rings. The summed E-state index contributed by atoms with van der Waals surface area (Å²) in [5.74, 6) is -0.131. The fourth-order valence-corrected chi connectivity index (χ4v) is 3.47. The van der Waals surface area contributed by atoms with Crippen LogP contribution in [0.25, 0.3) is 0 Å². The van der Waals surface area contributed by atoms with Crippen LogP contribution in [0.15, 0.2) is 18.2 Å². The van der Waals surface area contributed by atoms with Gasteiger partial charge >= 0.3 is 0 Å². The number of rotatable bonds is 3. The van der Waals surface area contributed by atoms with E-state index in [4.69, 9.17) is 11.6 Å². The first-order chi connectivity index (χ1) is 9.36. The summed E-state index contributed by atoms with van der Waals surface area (Å²) in [6.07, 6.45) is 0. The van der Waals surface area contributed by atoms with Crippen molar-refractivity contribution in [3.63, 3.8) is 0 Å². The zero-order valence-electron chi connectivity index (χ0n) is 12.0. The van der Waals surface area contributed by atoms with Gasteiger partial charge in [0.05, 0.1) is 6.04 Å². The van der Waals surface area contributed by atoms with Crippen LogP contribution in [-0.4, -0.2) is 10.9 Å². The Bertz CT molecular complexity index is 631. The fraction of sp³-hybridized carbons (Fsp3) is 0.333. The SMILES string of the molecule is Cc1cc(C(=O)NC(C)c2cc(C)sc2C)cc(Cl)n1. The topological polar surface area (TPSA) is 42.0 Å². The number of nitrogens with zero attached hydrogens (tertiary/aromatic N) is 1. The van der Waals surface area contributed by atoms with E-state index in [2.05, 4.69) is 30.2 Å². The van der Waals surface area contributed by atoms with Crippen LogP contribution in [0.3, 0.4) is 0 Å². The van der Waals surface area contributed by atoms with E-state index in [1.54, 1.807) is 23.5 Å². The molecule has 0 aromatic carbocycles. The van der Waals surface area contributed by atoms with Gasteiger partial charge in [0.25, 0.3) is 5.91 Å². The van der Waals surface area contributed by atoms with Gasteiger partial charge < -0.3 is 5.32 Å². The van der Waals surface area contributed by atoms with Crippen LogP contribution < -0.4 is 5.32 Å². The summed E-state index contributed by atoms with van der Waals surface area (Å²) in [5.41, 5.74) is 2.44. The van der Waals surface area contributed by atoms with Crippen LogP contribution in [-0.2, 0) is 0 Å². The van der Waals surface area contributed by atoms with Gasteiger partial charge in [0, 0.05) is 21.0 Å². The average Bonchev–Trinajstić information content (AvgIpc) is 2.67. The van der Waals surface area contributed by atoms with E-state index in [0.717, 1.165) is 11.3 Å². The highest BCUT2D eigenvalue weighted by Crippen LogP contribution is 2.26. The molecule has 0 fully saturated rings. The minimum atomic E-state index is -0.131. The normalized spacial score (nSPS) is 12.2. The van der Waals surface area contributed by atoms with Crippen molar-refractivity contribution in [3.8, 4) is 0 Å². The third-order valence-electron chi connectivity index (χ3n) is 3.08. The highest BCUT2D eigenvalue weighted by molar-refractivity contribution is 7.12. The van der Waals surface area contributed by atoms with Crippen LogP contribution in [0, 0.1) is 20.8 Å². The molecule has 1 unspecified atom stereocenters. The first-order valence-electron chi connectivity index (χ1n) is 6.39. The number of thiophene rings is 1. The van der Waals surface area contributed by atoms with E-state index in [1.165, 1.54) is 9.75 Å². The van der Waals surface area contributed by atoms with Crippen molar-refractivity contribution in [2.45, 2.75) is 33.7 Å². The number of hydrogen-bond donors (Lipinski definition) is 1. The molecule has 0 radical (unpaired) electrons. The van der Waals surface area contributed by atoms with Crippen LogP contribution in [0.5, 0.6) is 0 Å². The summed E-state index contributed by atoms with van der Waals surface area (Å²) in [4.78, 5) is 18.8. The number of aromatic nitrogens is 1. The zero-order valence-corrected chi connectivity index (χ0v) is 13.5. The van der Waals surface area contributed by atoms with Gasteiger partial charge in [-0.05, 0) is 51.5 Å². The molecule has 1 N–H and O–H groups in total.